The van der Waals surface area contributed by atoms with E-state index in [-0.39, 0.29) is 5.91 Å². The van der Waals surface area contributed by atoms with Crippen molar-refractivity contribution in [3.63, 3.8) is 0 Å². The Labute approximate surface area is 138 Å². The van der Waals surface area contributed by atoms with Crippen LogP contribution in [0.25, 0.3) is 9.53 Å². The average molecular weight is 339 g/mol. The summed E-state index contributed by atoms with van der Waals surface area (Å²) in [6.45, 7) is 7.96. The highest BCUT2D eigenvalue weighted by Crippen LogP contribution is 2.34. The van der Waals surface area contributed by atoms with E-state index < -0.39 is 0 Å². The Morgan fingerprint density at radius 2 is 2.27 bits per heavy atom. The van der Waals surface area contributed by atoms with Crippen LogP contribution in [0, 0.1) is 0 Å². The number of amides is 1. The Balaban J connectivity index is 1.66. The molecule has 22 heavy (non-hydrogen) atoms. The lowest BCUT2D eigenvalue weighted by Crippen LogP contribution is -2.36. The Hall–Kier alpha value is -1.18. The van der Waals surface area contributed by atoms with Crippen LogP contribution in [-0.2, 0) is 0 Å². The van der Waals surface area contributed by atoms with Crippen LogP contribution in [0.4, 0.5) is 5.13 Å². The number of aromatic nitrogens is 1. The van der Waals surface area contributed by atoms with E-state index in [1.165, 1.54) is 17.8 Å². The van der Waals surface area contributed by atoms with E-state index in [9.17, 15) is 4.79 Å². The highest BCUT2D eigenvalue weighted by Gasteiger charge is 2.18. The van der Waals surface area contributed by atoms with E-state index in [1.807, 2.05) is 6.07 Å². The zero-order valence-corrected chi connectivity index (χ0v) is 14.6. The van der Waals surface area contributed by atoms with E-state index in [4.69, 9.17) is 0 Å². The molecule has 0 radical (unpaired) electrons. The molecule has 1 aliphatic rings. The van der Waals surface area contributed by atoms with Gasteiger partial charge in [0.15, 0.2) is 5.13 Å². The summed E-state index contributed by atoms with van der Waals surface area (Å²) in [5.41, 5.74) is 0. The maximum atomic E-state index is 12.2. The first-order chi connectivity index (χ1) is 10.7. The van der Waals surface area contributed by atoms with Gasteiger partial charge in [-0.2, -0.15) is 0 Å². The summed E-state index contributed by atoms with van der Waals surface area (Å²) in [6.07, 6.45) is 2.35. The molecule has 1 aliphatic heterocycles. The number of rotatable bonds is 6. The molecule has 2 aromatic heterocycles. The Morgan fingerprint density at radius 1 is 1.45 bits per heavy atom. The molecule has 1 atom stereocenters. The molecule has 1 amide bonds. The molecule has 120 valence electrons. The van der Waals surface area contributed by atoms with Crippen molar-refractivity contribution < 1.29 is 4.79 Å². The first-order valence-electron chi connectivity index (χ1n) is 7.88. The summed E-state index contributed by atoms with van der Waals surface area (Å²) in [5, 5.41) is 7.47. The van der Waals surface area contributed by atoms with Gasteiger partial charge in [-0.05, 0) is 39.3 Å². The molecule has 3 rings (SSSR count). The predicted molar refractivity (Wildman–Crippen MR) is 94.4 cm³/mol. The fraction of sp³-hybridized carbons (Fsp3) is 0.600. The molecule has 7 heteroatoms. The number of hydrogen-bond donors (Lipinski definition) is 2. The van der Waals surface area contributed by atoms with Gasteiger partial charge in [-0.25, -0.2) is 4.98 Å². The summed E-state index contributed by atoms with van der Waals surface area (Å²) < 4.78 is 1.11. The van der Waals surface area contributed by atoms with Crippen molar-refractivity contribution in [1.29, 1.82) is 0 Å². The predicted octanol–water partition coefficient (Wildman–Crippen LogP) is 2.69. The number of anilines is 1. The first kappa shape index (κ1) is 15.7. The van der Waals surface area contributed by atoms with Gasteiger partial charge in [0, 0.05) is 25.7 Å². The molecule has 1 saturated heterocycles. The van der Waals surface area contributed by atoms with Gasteiger partial charge >= 0.3 is 0 Å². The highest BCUT2D eigenvalue weighted by molar-refractivity contribution is 7.29. The number of thiazole rings is 1. The smallest absolute Gasteiger partial charge is 0.261 e. The molecule has 0 saturated carbocycles. The van der Waals surface area contributed by atoms with Gasteiger partial charge in [-0.15, -0.1) is 11.3 Å². The van der Waals surface area contributed by atoms with Crippen molar-refractivity contribution in [2.75, 3.05) is 31.1 Å². The molecule has 0 aliphatic carbocycles. The molecule has 2 N–H and O–H groups in total. The fourth-order valence-electron chi connectivity index (χ4n) is 2.70. The van der Waals surface area contributed by atoms with Crippen LogP contribution in [0.15, 0.2) is 6.07 Å². The lowest BCUT2D eigenvalue weighted by molar-refractivity contribution is 0.0954. The Kier molecular flexibility index (Phi) is 4.95. The molecule has 3 heterocycles. The Bertz CT molecular complexity index is 610. The number of fused-ring (bicyclic) bond motifs is 1. The second-order valence-electron chi connectivity index (χ2n) is 5.45. The quantitative estimate of drug-likeness (QED) is 0.850. The number of thiophene rings is 1. The fourth-order valence-corrected chi connectivity index (χ4v) is 4.95. The Morgan fingerprint density at radius 3 is 2.91 bits per heavy atom. The molecule has 1 unspecified atom stereocenters. The summed E-state index contributed by atoms with van der Waals surface area (Å²) in [7, 11) is 0. The largest absolute Gasteiger partial charge is 0.350 e. The third kappa shape index (κ3) is 3.26. The minimum absolute atomic E-state index is 0.0216. The van der Waals surface area contributed by atoms with Crippen LogP contribution in [0.3, 0.4) is 0 Å². The number of hydrogen-bond acceptors (Lipinski definition) is 6. The number of carbonyl (C=O) groups is 1. The number of nitrogens with one attached hydrogen (secondary N) is 2. The third-order valence-corrected chi connectivity index (χ3v) is 6.23. The van der Waals surface area contributed by atoms with Crippen molar-refractivity contribution in [1.82, 2.24) is 15.6 Å². The van der Waals surface area contributed by atoms with E-state index in [0.29, 0.717) is 12.6 Å². The molecular formula is C15H22N4OS2. The van der Waals surface area contributed by atoms with Crippen molar-refractivity contribution in [3.05, 3.63) is 10.9 Å². The summed E-state index contributed by atoms with van der Waals surface area (Å²) in [6, 6.07) is 2.40. The third-order valence-electron chi connectivity index (χ3n) is 4.01. The van der Waals surface area contributed by atoms with Gasteiger partial charge in [-0.3, -0.25) is 4.79 Å². The van der Waals surface area contributed by atoms with Crippen molar-refractivity contribution >= 4 is 43.2 Å². The summed E-state index contributed by atoms with van der Waals surface area (Å²) in [4.78, 5) is 20.9. The van der Waals surface area contributed by atoms with Gasteiger partial charge in [0.2, 0.25) is 0 Å². The van der Waals surface area contributed by atoms with Gasteiger partial charge < -0.3 is 15.5 Å². The maximum absolute atomic E-state index is 12.2. The zero-order valence-electron chi connectivity index (χ0n) is 13.0. The van der Waals surface area contributed by atoms with Gasteiger partial charge in [0.05, 0.1) is 9.58 Å². The number of carbonyl (C=O) groups excluding carboxylic acids is 1. The molecular weight excluding hydrogens is 316 g/mol. The van der Waals surface area contributed by atoms with Gasteiger partial charge in [-0.1, -0.05) is 11.3 Å². The molecule has 1 fully saturated rings. The standard InChI is InChI=1S/C15H22N4OS2/c1-3-19(4-2)15-18-14-12(22-15)8-11(21-14)13(20)17-9-10-6-5-7-16-10/h8,10,16H,3-7,9H2,1-2H3,(H,17,20). The van der Waals surface area contributed by atoms with Crippen LogP contribution in [0.2, 0.25) is 0 Å². The second kappa shape index (κ2) is 6.93. The molecule has 0 bridgehead atoms. The summed E-state index contributed by atoms with van der Waals surface area (Å²) >= 11 is 3.16. The van der Waals surface area contributed by atoms with Crippen molar-refractivity contribution in [2.45, 2.75) is 32.7 Å². The van der Waals surface area contributed by atoms with E-state index in [2.05, 4.69) is 34.4 Å². The number of nitrogens with zero attached hydrogens (tertiary/aromatic N) is 2. The van der Waals surface area contributed by atoms with Gasteiger partial charge in [0.1, 0.15) is 4.83 Å². The lowest BCUT2D eigenvalue weighted by Gasteiger charge is -2.16. The lowest BCUT2D eigenvalue weighted by atomic mass is 10.2. The van der Waals surface area contributed by atoms with Crippen LogP contribution in [0.1, 0.15) is 36.4 Å². The van der Waals surface area contributed by atoms with Crippen molar-refractivity contribution in [3.8, 4) is 0 Å². The monoisotopic (exact) mass is 338 g/mol. The SMILES string of the molecule is CCN(CC)c1nc2sc(C(=O)NCC3CCCN3)cc2s1. The van der Waals surface area contributed by atoms with Crippen LogP contribution in [-0.4, -0.2) is 43.1 Å². The topological polar surface area (TPSA) is 57.3 Å². The zero-order chi connectivity index (χ0) is 15.5. The van der Waals surface area contributed by atoms with Crippen LogP contribution in [0.5, 0.6) is 0 Å². The first-order valence-corrected chi connectivity index (χ1v) is 9.51. The van der Waals surface area contributed by atoms with Crippen molar-refractivity contribution in [2.24, 2.45) is 0 Å². The minimum atomic E-state index is 0.0216. The summed E-state index contributed by atoms with van der Waals surface area (Å²) in [5.74, 6) is 0.0216. The van der Waals surface area contributed by atoms with Gasteiger partial charge in [0.25, 0.3) is 5.91 Å². The van der Waals surface area contributed by atoms with Crippen LogP contribution >= 0.6 is 22.7 Å². The average Bonchev–Trinajstić information content (AvgIpc) is 3.21. The second-order valence-corrected chi connectivity index (χ2v) is 7.49. The van der Waals surface area contributed by atoms with E-state index in [0.717, 1.165) is 45.6 Å². The highest BCUT2D eigenvalue weighted by atomic mass is 32.1. The molecule has 5 nitrogen and oxygen atoms in total. The normalized spacial score (nSPS) is 18.0. The minimum Gasteiger partial charge on any atom is -0.350 e. The van der Waals surface area contributed by atoms with E-state index >= 15 is 0 Å². The van der Waals surface area contributed by atoms with E-state index in [1.54, 1.807) is 11.3 Å². The maximum Gasteiger partial charge on any atom is 0.261 e. The molecule has 0 spiro atoms. The molecule has 0 aromatic carbocycles. The van der Waals surface area contributed by atoms with Crippen LogP contribution < -0.4 is 15.5 Å². The molecule has 2 aromatic rings.